The molecule has 3 aromatic rings. The summed E-state index contributed by atoms with van der Waals surface area (Å²) in [6.45, 7) is 1.98. The van der Waals surface area contributed by atoms with Crippen LogP contribution in [0.5, 0.6) is 11.6 Å². The van der Waals surface area contributed by atoms with Gasteiger partial charge in [0.1, 0.15) is 5.75 Å². The molecule has 2 aromatic carbocycles. The van der Waals surface area contributed by atoms with Crippen molar-refractivity contribution < 1.29 is 4.74 Å². The summed E-state index contributed by atoms with van der Waals surface area (Å²) in [5.74, 6) is 1.90. The Kier molecular flexibility index (Phi) is 3.57. The maximum atomic E-state index is 5.97. The number of halogens is 1. The van der Waals surface area contributed by atoms with E-state index in [0.717, 1.165) is 27.6 Å². The fourth-order valence-corrected chi connectivity index (χ4v) is 2.34. The van der Waals surface area contributed by atoms with Gasteiger partial charge in [0, 0.05) is 23.0 Å². The molecule has 0 aliphatic heterocycles. The third kappa shape index (κ3) is 2.47. The summed E-state index contributed by atoms with van der Waals surface area (Å²) in [5, 5.41) is 2.23. The Balaban J connectivity index is 2.01. The first-order valence-corrected chi connectivity index (χ1v) is 6.98. The highest BCUT2D eigenvalue weighted by Crippen LogP contribution is 2.30. The van der Waals surface area contributed by atoms with Gasteiger partial charge in [-0.05, 0) is 30.0 Å². The van der Waals surface area contributed by atoms with Crippen molar-refractivity contribution in [1.29, 1.82) is 0 Å². The second-order valence-corrected chi connectivity index (χ2v) is 4.95. The largest absolute Gasteiger partial charge is 0.438 e. The molecule has 2 nitrogen and oxygen atoms in total. The topological polar surface area (TPSA) is 22.1 Å². The third-order valence-electron chi connectivity index (χ3n) is 3.20. The second-order valence-electron chi connectivity index (χ2n) is 4.68. The highest BCUT2D eigenvalue weighted by Gasteiger charge is 2.07. The van der Waals surface area contributed by atoms with Crippen molar-refractivity contribution in [3.05, 3.63) is 65.9 Å². The van der Waals surface area contributed by atoms with Gasteiger partial charge in [0.05, 0.1) is 0 Å². The normalized spacial score (nSPS) is 10.7. The molecule has 0 N–H and O–H groups in total. The van der Waals surface area contributed by atoms with E-state index >= 15 is 0 Å². The summed E-state index contributed by atoms with van der Waals surface area (Å²) in [5.41, 5.74) is 1.98. The van der Waals surface area contributed by atoms with Gasteiger partial charge in [-0.15, -0.1) is 11.6 Å². The minimum atomic E-state index is 0.461. The zero-order valence-corrected chi connectivity index (χ0v) is 11.9. The summed E-state index contributed by atoms with van der Waals surface area (Å²) < 4.78 is 5.97. The summed E-state index contributed by atoms with van der Waals surface area (Å²) in [7, 11) is 0. The molecule has 3 rings (SSSR count). The van der Waals surface area contributed by atoms with Gasteiger partial charge >= 0.3 is 0 Å². The maximum Gasteiger partial charge on any atom is 0.222 e. The number of hydrogen-bond donors (Lipinski definition) is 0. The number of hydrogen-bond acceptors (Lipinski definition) is 2. The van der Waals surface area contributed by atoms with E-state index in [1.54, 1.807) is 6.20 Å². The summed E-state index contributed by atoms with van der Waals surface area (Å²) in [6.07, 6.45) is 1.75. The number of nitrogens with zero attached hydrogens (tertiary/aromatic N) is 1. The molecule has 20 heavy (non-hydrogen) atoms. The van der Waals surface area contributed by atoms with Crippen LogP contribution in [-0.4, -0.2) is 4.98 Å². The molecule has 0 fully saturated rings. The lowest BCUT2D eigenvalue weighted by molar-refractivity contribution is 0.464. The number of aromatic nitrogens is 1. The number of benzene rings is 2. The van der Waals surface area contributed by atoms with E-state index in [1.165, 1.54) is 0 Å². The zero-order valence-electron chi connectivity index (χ0n) is 11.1. The van der Waals surface area contributed by atoms with Crippen molar-refractivity contribution >= 4 is 22.4 Å². The van der Waals surface area contributed by atoms with Gasteiger partial charge in [0.25, 0.3) is 0 Å². The van der Waals surface area contributed by atoms with Crippen LogP contribution in [0.1, 0.15) is 11.1 Å². The Hall–Kier alpha value is -2.06. The van der Waals surface area contributed by atoms with Gasteiger partial charge in [0.2, 0.25) is 5.88 Å². The number of rotatable bonds is 3. The van der Waals surface area contributed by atoms with Crippen molar-refractivity contribution in [1.82, 2.24) is 4.98 Å². The number of fused-ring (bicyclic) bond motifs is 1. The number of aryl methyl sites for hydroxylation is 1. The van der Waals surface area contributed by atoms with E-state index in [2.05, 4.69) is 17.1 Å². The van der Waals surface area contributed by atoms with Gasteiger partial charge in [-0.25, -0.2) is 4.98 Å². The fourth-order valence-electron chi connectivity index (χ4n) is 2.19. The van der Waals surface area contributed by atoms with E-state index in [0.29, 0.717) is 11.8 Å². The van der Waals surface area contributed by atoms with Crippen molar-refractivity contribution in [2.45, 2.75) is 12.8 Å². The van der Waals surface area contributed by atoms with E-state index in [9.17, 15) is 0 Å². The van der Waals surface area contributed by atoms with Crippen LogP contribution in [0.2, 0.25) is 0 Å². The molecule has 100 valence electrons. The molecule has 0 atom stereocenters. The van der Waals surface area contributed by atoms with E-state index in [1.807, 2.05) is 43.3 Å². The van der Waals surface area contributed by atoms with Crippen LogP contribution in [0.15, 0.2) is 54.7 Å². The number of alkyl halides is 1. The Labute approximate surface area is 123 Å². The third-order valence-corrected chi connectivity index (χ3v) is 3.51. The number of ether oxygens (including phenoxy) is 1. The number of pyridine rings is 1. The van der Waals surface area contributed by atoms with Gasteiger partial charge < -0.3 is 4.74 Å². The second kappa shape index (κ2) is 5.51. The lowest BCUT2D eigenvalue weighted by Crippen LogP contribution is -1.93. The Morgan fingerprint density at radius 1 is 1.10 bits per heavy atom. The van der Waals surface area contributed by atoms with Crippen LogP contribution < -0.4 is 4.74 Å². The Bertz CT molecular complexity index is 750. The molecule has 0 saturated heterocycles. The lowest BCUT2D eigenvalue weighted by atomic mass is 10.1. The standard InChI is InChI=1S/C17H14ClNO/c1-12-9-13(10-18)11-19-17(12)20-16-8-4-6-14-5-2-3-7-15(14)16/h2-9,11H,10H2,1H3. The first-order chi connectivity index (χ1) is 9.78. The average Bonchev–Trinajstić information content (AvgIpc) is 2.49. The van der Waals surface area contributed by atoms with Crippen LogP contribution in [0, 0.1) is 6.92 Å². The molecular weight excluding hydrogens is 270 g/mol. The van der Waals surface area contributed by atoms with Gasteiger partial charge in [-0.3, -0.25) is 0 Å². The molecule has 0 amide bonds. The molecule has 0 bridgehead atoms. The van der Waals surface area contributed by atoms with Crippen molar-refractivity contribution in [2.75, 3.05) is 0 Å². The van der Waals surface area contributed by atoms with Crippen LogP contribution in [0.25, 0.3) is 10.8 Å². The van der Waals surface area contributed by atoms with E-state index < -0.39 is 0 Å². The zero-order chi connectivity index (χ0) is 13.9. The lowest BCUT2D eigenvalue weighted by Gasteiger charge is -2.10. The van der Waals surface area contributed by atoms with Crippen LogP contribution in [-0.2, 0) is 5.88 Å². The van der Waals surface area contributed by atoms with E-state index in [4.69, 9.17) is 16.3 Å². The Morgan fingerprint density at radius 2 is 1.90 bits per heavy atom. The molecule has 0 unspecified atom stereocenters. The molecule has 0 aliphatic rings. The average molecular weight is 284 g/mol. The van der Waals surface area contributed by atoms with Crippen LogP contribution in [0.3, 0.4) is 0 Å². The maximum absolute atomic E-state index is 5.97. The fraction of sp³-hybridized carbons (Fsp3) is 0.118. The van der Waals surface area contributed by atoms with Crippen LogP contribution in [0.4, 0.5) is 0 Å². The van der Waals surface area contributed by atoms with Crippen molar-refractivity contribution in [3.8, 4) is 11.6 Å². The van der Waals surface area contributed by atoms with Gasteiger partial charge in [-0.2, -0.15) is 0 Å². The van der Waals surface area contributed by atoms with Gasteiger partial charge in [-0.1, -0.05) is 36.4 Å². The quantitative estimate of drug-likeness (QED) is 0.626. The molecule has 1 aromatic heterocycles. The molecule has 0 spiro atoms. The monoisotopic (exact) mass is 283 g/mol. The smallest absolute Gasteiger partial charge is 0.222 e. The summed E-state index contributed by atoms with van der Waals surface area (Å²) in [4.78, 5) is 4.34. The first kappa shape index (κ1) is 12.9. The highest BCUT2D eigenvalue weighted by atomic mass is 35.5. The Morgan fingerprint density at radius 3 is 2.70 bits per heavy atom. The molecule has 3 heteroatoms. The minimum absolute atomic E-state index is 0.461. The predicted molar refractivity (Wildman–Crippen MR) is 82.6 cm³/mol. The summed E-state index contributed by atoms with van der Waals surface area (Å²) >= 11 is 5.81. The van der Waals surface area contributed by atoms with Gasteiger partial charge in [0.15, 0.2) is 0 Å². The molecule has 0 radical (unpaired) electrons. The molecular formula is C17H14ClNO. The molecule has 1 heterocycles. The van der Waals surface area contributed by atoms with Crippen molar-refractivity contribution in [2.24, 2.45) is 0 Å². The molecule has 0 aliphatic carbocycles. The first-order valence-electron chi connectivity index (χ1n) is 6.45. The SMILES string of the molecule is Cc1cc(CCl)cnc1Oc1cccc2ccccc12. The summed E-state index contributed by atoms with van der Waals surface area (Å²) in [6, 6.07) is 16.2. The molecule has 0 saturated carbocycles. The van der Waals surface area contributed by atoms with E-state index in [-0.39, 0.29) is 0 Å². The van der Waals surface area contributed by atoms with Crippen molar-refractivity contribution in [3.63, 3.8) is 0 Å². The van der Waals surface area contributed by atoms with Crippen LogP contribution >= 0.6 is 11.6 Å². The minimum Gasteiger partial charge on any atom is -0.438 e. The predicted octanol–water partition coefficient (Wildman–Crippen LogP) is 5.07. The highest BCUT2D eigenvalue weighted by molar-refractivity contribution is 6.17.